The Kier molecular flexibility index (Phi) is 12.1. The third-order valence-corrected chi connectivity index (χ3v) is 10.2. The third kappa shape index (κ3) is 7.04. The first-order valence-electron chi connectivity index (χ1n) is 17.1. The summed E-state index contributed by atoms with van der Waals surface area (Å²) in [7, 11) is 0. The number of likely N-dealkylation sites (tertiary alicyclic amines) is 1. The number of fused-ring (bicyclic) bond motifs is 1. The van der Waals surface area contributed by atoms with Gasteiger partial charge >= 0.3 is 5.97 Å². The van der Waals surface area contributed by atoms with Crippen LogP contribution in [0.25, 0.3) is 0 Å². The van der Waals surface area contributed by atoms with E-state index in [-0.39, 0.29) is 42.7 Å². The third-order valence-electron chi connectivity index (χ3n) is 10.2. The predicted molar refractivity (Wildman–Crippen MR) is 179 cm³/mol. The van der Waals surface area contributed by atoms with Crippen molar-refractivity contribution in [3.8, 4) is 0 Å². The summed E-state index contributed by atoms with van der Waals surface area (Å²) in [5, 5.41) is 13.5. The fourth-order valence-corrected chi connectivity index (χ4v) is 7.91. The molecular formula is C37H53N3O7. The van der Waals surface area contributed by atoms with Crippen molar-refractivity contribution in [2.75, 3.05) is 13.2 Å². The quantitative estimate of drug-likeness (QED) is 0.190. The highest BCUT2D eigenvalue weighted by Gasteiger charge is 2.76. The zero-order valence-electron chi connectivity index (χ0n) is 28.6. The van der Waals surface area contributed by atoms with Crippen LogP contribution in [0.3, 0.4) is 0 Å². The molecule has 3 heterocycles. The molecule has 1 aromatic carbocycles. The molecule has 9 atom stereocenters. The van der Waals surface area contributed by atoms with Gasteiger partial charge in [0.15, 0.2) is 0 Å². The van der Waals surface area contributed by atoms with Crippen LogP contribution >= 0.6 is 0 Å². The Morgan fingerprint density at radius 1 is 1.17 bits per heavy atom. The molecule has 3 aliphatic heterocycles. The van der Waals surface area contributed by atoms with Crippen LogP contribution in [0.5, 0.6) is 0 Å². The second-order valence-corrected chi connectivity index (χ2v) is 13.7. The monoisotopic (exact) mass is 651 g/mol. The molecule has 1 spiro atoms. The molecule has 0 aliphatic carbocycles. The number of nitrogens with zero attached hydrogens (tertiary/aromatic N) is 2. The summed E-state index contributed by atoms with van der Waals surface area (Å²) in [6.07, 6.45) is 5.27. The second kappa shape index (κ2) is 15.6. The zero-order chi connectivity index (χ0) is 34.5. The number of amides is 3. The topological polar surface area (TPSA) is 125 Å². The Labute approximate surface area is 279 Å². The van der Waals surface area contributed by atoms with Gasteiger partial charge in [-0.25, -0.2) is 0 Å². The van der Waals surface area contributed by atoms with Gasteiger partial charge in [0, 0.05) is 19.0 Å². The average molecular weight is 652 g/mol. The van der Waals surface area contributed by atoms with E-state index in [2.05, 4.69) is 25.4 Å². The molecule has 2 bridgehead atoms. The van der Waals surface area contributed by atoms with E-state index in [9.17, 15) is 24.3 Å². The molecule has 2 N–H and O–H groups in total. The van der Waals surface area contributed by atoms with Gasteiger partial charge in [0.25, 0.3) is 0 Å². The first kappa shape index (κ1) is 36.3. The fourth-order valence-electron chi connectivity index (χ4n) is 7.91. The number of hydrogen-bond acceptors (Lipinski definition) is 7. The molecule has 3 saturated heterocycles. The highest BCUT2D eigenvalue weighted by atomic mass is 16.6. The maximum absolute atomic E-state index is 14.6. The largest absolute Gasteiger partial charge is 0.455 e. The summed E-state index contributed by atoms with van der Waals surface area (Å²) in [5.41, 5.74) is -0.531. The summed E-state index contributed by atoms with van der Waals surface area (Å²) in [4.78, 5) is 59.4. The number of ether oxygens (including phenoxy) is 2. The molecule has 0 saturated carbocycles. The van der Waals surface area contributed by atoms with E-state index in [0.29, 0.717) is 31.4 Å². The van der Waals surface area contributed by atoms with Crippen molar-refractivity contribution in [1.82, 2.24) is 15.1 Å². The minimum Gasteiger partial charge on any atom is -0.455 e. The number of benzene rings is 1. The van der Waals surface area contributed by atoms with Gasteiger partial charge in [-0.1, -0.05) is 69.7 Å². The summed E-state index contributed by atoms with van der Waals surface area (Å²) >= 11 is 0. The number of allylic oxidation sites excluding steroid dienone is 1. The average Bonchev–Trinajstić information content (AvgIpc) is 3.69. The summed E-state index contributed by atoms with van der Waals surface area (Å²) < 4.78 is 12.9. The standard InChI is InChI=1S/C37H53N3O7/c1-8-11-18-29(42)38-25(7)32(26-16-13-12-14-17-26)46-36(45)30-28-19-20-37(47-28)31(30)34(43)40(27(22-41)23(4)5)33(37)35(44)39(21-10-3)24(6)15-9-2/h8,10,12-14,16-17,23-25,27-28,30-33,41H,1,3,9,11,15,18-22H2,2,4-7H3,(H,38,42)/t24?,25-,27-,28+,30-,31-,32-,33+,37-/m0/s1. The van der Waals surface area contributed by atoms with Crippen molar-refractivity contribution in [2.24, 2.45) is 17.8 Å². The summed E-state index contributed by atoms with van der Waals surface area (Å²) in [5.74, 6) is -3.47. The Bertz CT molecular complexity index is 1300. The van der Waals surface area contributed by atoms with Crippen molar-refractivity contribution in [2.45, 2.75) is 115 Å². The Morgan fingerprint density at radius 2 is 1.87 bits per heavy atom. The number of aliphatic hydroxyl groups is 1. The van der Waals surface area contributed by atoms with Crippen LogP contribution in [0.1, 0.15) is 84.8 Å². The lowest BCUT2D eigenvalue weighted by Gasteiger charge is -2.41. The number of rotatable bonds is 17. The van der Waals surface area contributed by atoms with Gasteiger partial charge in [-0.15, -0.1) is 13.2 Å². The first-order valence-corrected chi connectivity index (χ1v) is 17.1. The maximum atomic E-state index is 14.6. The van der Waals surface area contributed by atoms with Crippen molar-refractivity contribution in [3.05, 3.63) is 61.2 Å². The molecule has 10 nitrogen and oxygen atoms in total. The minimum absolute atomic E-state index is 0.112. The normalized spacial score (nSPS) is 27.1. The van der Waals surface area contributed by atoms with Crippen molar-refractivity contribution in [3.63, 3.8) is 0 Å². The summed E-state index contributed by atoms with van der Waals surface area (Å²) in [6, 6.07) is 6.86. The molecule has 0 radical (unpaired) electrons. The van der Waals surface area contributed by atoms with Gasteiger partial charge in [-0.05, 0) is 51.0 Å². The van der Waals surface area contributed by atoms with E-state index in [1.54, 1.807) is 24.0 Å². The van der Waals surface area contributed by atoms with Crippen LogP contribution < -0.4 is 5.32 Å². The van der Waals surface area contributed by atoms with Crippen molar-refractivity contribution < 1.29 is 33.8 Å². The van der Waals surface area contributed by atoms with Crippen LogP contribution in [0.15, 0.2) is 55.6 Å². The lowest BCUT2D eigenvalue weighted by Crippen LogP contribution is -2.60. The Hall–Kier alpha value is -3.50. The van der Waals surface area contributed by atoms with Gasteiger partial charge in [-0.3, -0.25) is 19.2 Å². The highest BCUT2D eigenvalue weighted by molar-refractivity contribution is 5.98. The lowest BCUT2D eigenvalue weighted by atomic mass is 9.70. The molecule has 0 aromatic heterocycles. The molecule has 10 heteroatoms. The Morgan fingerprint density at radius 3 is 2.47 bits per heavy atom. The number of carbonyl (C=O) groups is 4. The van der Waals surface area contributed by atoms with Crippen LogP contribution in [0.4, 0.5) is 0 Å². The van der Waals surface area contributed by atoms with E-state index in [0.717, 1.165) is 12.8 Å². The van der Waals surface area contributed by atoms with Crippen molar-refractivity contribution in [1.29, 1.82) is 0 Å². The molecular weight excluding hydrogens is 598 g/mol. The summed E-state index contributed by atoms with van der Waals surface area (Å²) in [6.45, 7) is 17.2. The SMILES string of the molecule is C=CCCC(=O)N[C@@H](C)[C@H](OC(=O)[C@@H]1[C@H]2C(=O)N([C@@H](CO)C(C)C)[C@H](C(=O)N(CC=C)C(C)CCC)[C@]23CC[C@H]1O3)c1ccccc1. The van der Waals surface area contributed by atoms with Crippen LogP contribution in [0.2, 0.25) is 0 Å². The number of hydrogen-bond donors (Lipinski definition) is 2. The van der Waals surface area contributed by atoms with Gasteiger partial charge in [0.05, 0.1) is 36.6 Å². The van der Waals surface area contributed by atoms with Crippen molar-refractivity contribution >= 4 is 23.7 Å². The molecule has 1 unspecified atom stereocenters. The number of aliphatic hydroxyl groups excluding tert-OH is 1. The van der Waals surface area contributed by atoms with Gasteiger partial charge < -0.3 is 29.7 Å². The molecule has 3 amide bonds. The van der Waals surface area contributed by atoms with Crippen LogP contribution in [-0.4, -0.2) is 87.6 Å². The van der Waals surface area contributed by atoms with Gasteiger partial charge in [0.1, 0.15) is 17.7 Å². The van der Waals surface area contributed by atoms with Crippen LogP contribution in [0, 0.1) is 17.8 Å². The molecule has 3 fully saturated rings. The molecule has 4 rings (SSSR count). The van der Waals surface area contributed by atoms with E-state index >= 15 is 0 Å². The number of esters is 1. The van der Waals surface area contributed by atoms with E-state index in [1.165, 1.54) is 4.90 Å². The minimum atomic E-state index is -1.23. The first-order chi connectivity index (χ1) is 22.5. The van der Waals surface area contributed by atoms with E-state index in [1.807, 2.05) is 51.1 Å². The van der Waals surface area contributed by atoms with E-state index in [4.69, 9.17) is 9.47 Å². The second-order valence-electron chi connectivity index (χ2n) is 13.7. The molecule has 3 aliphatic rings. The van der Waals surface area contributed by atoms with Gasteiger partial charge in [0.2, 0.25) is 17.7 Å². The Balaban J connectivity index is 1.71. The predicted octanol–water partition coefficient (Wildman–Crippen LogP) is 4.34. The molecule has 1 aromatic rings. The number of nitrogens with one attached hydrogen (secondary N) is 1. The molecule has 47 heavy (non-hydrogen) atoms. The lowest BCUT2D eigenvalue weighted by molar-refractivity contribution is -0.163. The molecule has 258 valence electrons. The highest BCUT2D eigenvalue weighted by Crippen LogP contribution is 2.59. The fraction of sp³-hybridized carbons (Fsp3) is 0.622. The van der Waals surface area contributed by atoms with Crippen LogP contribution in [-0.2, 0) is 28.7 Å². The smallest absolute Gasteiger partial charge is 0.313 e. The van der Waals surface area contributed by atoms with E-state index < -0.39 is 53.7 Å². The maximum Gasteiger partial charge on any atom is 0.313 e. The zero-order valence-corrected chi connectivity index (χ0v) is 28.6. The number of carbonyl (C=O) groups excluding carboxylic acids is 4. The van der Waals surface area contributed by atoms with Gasteiger partial charge in [-0.2, -0.15) is 0 Å².